The standard InChI is InChI=1S/C10H17N/c1-3-5-10(4-2)11-8-9-6-7-9/h2,9-11H,3,5-8H2,1H3. The molecule has 0 spiro atoms. The fourth-order valence-corrected chi connectivity index (χ4v) is 1.16. The van der Waals surface area contributed by atoms with Crippen LogP contribution in [0.15, 0.2) is 0 Å². The average molecular weight is 151 g/mol. The molecule has 1 saturated carbocycles. The second-order valence-electron chi connectivity index (χ2n) is 3.36. The van der Waals surface area contributed by atoms with Crippen LogP contribution in [0.3, 0.4) is 0 Å². The van der Waals surface area contributed by atoms with Crippen molar-refractivity contribution in [2.45, 2.75) is 38.6 Å². The van der Waals surface area contributed by atoms with E-state index in [9.17, 15) is 0 Å². The fraction of sp³-hybridized carbons (Fsp3) is 0.800. The van der Waals surface area contributed by atoms with Gasteiger partial charge in [0.25, 0.3) is 0 Å². The lowest BCUT2D eigenvalue weighted by Crippen LogP contribution is -2.29. The Hall–Kier alpha value is -0.480. The zero-order chi connectivity index (χ0) is 8.10. The highest BCUT2D eigenvalue weighted by Gasteiger charge is 2.21. The monoisotopic (exact) mass is 151 g/mol. The third kappa shape index (κ3) is 3.43. The summed E-state index contributed by atoms with van der Waals surface area (Å²) < 4.78 is 0. The van der Waals surface area contributed by atoms with Crippen molar-refractivity contribution in [3.8, 4) is 12.3 Å². The molecule has 1 N–H and O–H groups in total. The topological polar surface area (TPSA) is 12.0 Å². The summed E-state index contributed by atoms with van der Waals surface area (Å²) in [7, 11) is 0. The molecular weight excluding hydrogens is 134 g/mol. The van der Waals surface area contributed by atoms with Gasteiger partial charge in [0.2, 0.25) is 0 Å². The summed E-state index contributed by atoms with van der Waals surface area (Å²) in [5, 5.41) is 3.40. The fourth-order valence-electron chi connectivity index (χ4n) is 1.16. The van der Waals surface area contributed by atoms with Gasteiger partial charge in [0.05, 0.1) is 6.04 Å². The number of hydrogen-bond acceptors (Lipinski definition) is 1. The Kier molecular flexibility index (Phi) is 3.45. The van der Waals surface area contributed by atoms with Crippen LogP contribution in [0, 0.1) is 18.3 Å². The summed E-state index contributed by atoms with van der Waals surface area (Å²) in [4.78, 5) is 0. The van der Waals surface area contributed by atoms with Crippen LogP contribution >= 0.6 is 0 Å². The maximum absolute atomic E-state index is 5.35. The summed E-state index contributed by atoms with van der Waals surface area (Å²) in [6.07, 6.45) is 10.4. The number of terminal acetylenes is 1. The lowest BCUT2D eigenvalue weighted by molar-refractivity contribution is 0.542. The highest BCUT2D eigenvalue weighted by molar-refractivity contribution is 4.99. The molecule has 62 valence electrons. The molecule has 11 heavy (non-hydrogen) atoms. The predicted octanol–water partition coefficient (Wildman–Crippen LogP) is 1.79. The molecule has 0 heterocycles. The summed E-state index contributed by atoms with van der Waals surface area (Å²) in [6.45, 7) is 3.30. The Morgan fingerprint density at radius 2 is 2.36 bits per heavy atom. The molecule has 1 aliphatic carbocycles. The van der Waals surface area contributed by atoms with E-state index in [2.05, 4.69) is 18.2 Å². The first-order valence-corrected chi connectivity index (χ1v) is 4.56. The lowest BCUT2D eigenvalue weighted by Gasteiger charge is -2.10. The van der Waals surface area contributed by atoms with Gasteiger partial charge in [-0.2, -0.15) is 0 Å². The number of nitrogens with one attached hydrogen (secondary N) is 1. The van der Waals surface area contributed by atoms with Gasteiger partial charge in [-0.25, -0.2) is 0 Å². The molecule has 1 atom stereocenters. The number of rotatable bonds is 5. The van der Waals surface area contributed by atoms with Gasteiger partial charge in [0.15, 0.2) is 0 Å². The zero-order valence-electron chi connectivity index (χ0n) is 7.27. The highest BCUT2D eigenvalue weighted by atomic mass is 14.9. The molecule has 1 aliphatic rings. The minimum atomic E-state index is 0.320. The van der Waals surface area contributed by atoms with E-state index in [-0.39, 0.29) is 0 Å². The van der Waals surface area contributed by atoms with E-state index in [0.717, 1.165) is 18.9 Å². The van der Waals surface area contributed by atoms with Gasteiger partial charge in [0.1, 0.15) is 0 Å². The van der Waals surface area contributed by atoms with Crippen LogP contribution in [0.5, 0.6) is 0 Å². The van der Waals surface area contributed by atoms with Crippen LogP contribution < -0.4 is 5.32 Å². The summed E-state index contributed by atoms with van der Waals surface area (Å²) >= 11 is 0. The molecule has 0 aromatic heterocycles. The molecule has 1 unspecified atom stereocenters. The van der Waals surface area contributed by atoms with Crippen LogP contribution in [-0.4, -0.2) is 12.6 Å². The van der Waals surface area contributed by atoms with Gasteiger partial charge >= 0.3 is 0 Å². The summed E-state index contributed by atoms with van der Waals surface area (Å²) in [5.41, 5.74) is 0. The van der Waals surface area contributed by atoms with E-state index in [1.165, 1.54) is 19.3 Å². The first kappa shape index (κ1) is 8.62. The van der Waals surface area contributed by atoms with Crippen molar-refractivity contribution in [3.63, 3.8) is 0 Å². The molecule has 0 aliphatic heterocycles. The van der Waals surface area contributed by atoms with Crippen LogP contribution in [0.25, 0.3) is 0 Å². The zero-order valence-corrected chi connectivity index (χ0v) is 7.27. The van der Waals surface area contributed by atoms with Crippen LogP contribution in [-0.2, 0) is 0 Å². The Balaban J connectivity index is 2.05. The minimum absolute atomic E-state index is 0.320. The van der Waals surface area contributed by atoms with Gasteiger partial charge in [-0.15, -0.1) is 6.42 Å². The highest BCUT2D eigenvalue weighted by Crippen LogP contribution is 2.27. The van der Waals surface area contributed by atoms with Crippen molar-refractivity contribution < 1.29 is 0 Å². The van der Waals surface area contributed by atoms with Gasteiger partial charge in [-0.05, 0) is 31.7 Å². The Morgan fingerprint density at radius 1 is 1.64 bits per heavy atom. The molecule has 0 aromatic carbocycles. The second kappa shape index (κ2) is 4.41. The van der Waals surface area contributed by atoms with Gasteiger partial charge in [0, 0.05) is 0 Å². The third-order valence-corrected chi connectivity index (χ3v) is 2.13. The predicted molar refractivity (Wildman–Crippen MR) is 48.3 cm³/mol. The minimum Gasteiger partial charge on any atom is -0.303 e. The van der Waals surface area contributed by atoms with Crippen molar-refractivity contribution >= 4 is 0 Å². The lowest BCUT2D eigenvalue weighted by atomic mass is 10.2. The summed E-state index contributed by atoms with van der Waals surface area (Å²) in [5.74, 6) is 3.71. The quantitative estimate of drug-likeness (QED) is 0.591. The molecule has 0 bridgehead atoms. The molecule has 1 fully saturated rings. The van der Waals surface area contributed by atoms with E-state index < -0.39 is 0 Å². The van der Waals surface area contributed by atoms with Gasteiger partial charge in [-0.3, -0.25) is 0 Å². The average Bonchev–Trinajstić information content (AvgIpc) is 2.81. The molecule has 1 rings (SSSR count). The molecule has 0 saturated heterocycles. The molecule has 0 amide bonds. The van der Waals surface area contributed by atoms with Crippen LogP contribution in [0.1, 0.15) is 32.6 Å². The van der Waals surface area contributed by atoms with Crippen LogP contribution in [0.4, 0.5) is 0 Å². The first-order chi connectivity index (χ1) is 5.36. The van der Waals surface area contributed by atoms with Crippen molar-refractivity contribution in [2.24, 2.45) is 5.92 Å². The van der Waals surface area contributed by atoms with Gasteiger partial charge in [-0.1, -0.05) is 19.3 Å². The van der Waals surface area contributed by atoms with Crippen molar-refractivity contribution in [3.05, 3.63) is 0 Å². The maximum Gasteiger partial charge on any atom is 0.0686 e. The van der Waals surface area contributed by atoms with Crippen molar-refractivity contribution in [1.29, 1.82) is 0 Å². The second-order valence-corrected chi connectivity index (χ2v) is 3.36. The molecule has 1 heteroatoms. The van der Waals surface area contributed by atoms with Crippen molar-refractivity contribution in [2.75, 3.05) is 6.54 Å². The molecular formula is C10H17N. The Labute approximate surface area is 69.6 Å². The first-order valence-electron chi connectivity index (χ1n) is 4.56. The SMILES string of the molecule is C#CC(CCC)NCC1CC1. The van der Waals surface area contributed by atoms with E-state index in [0.29, 0.717) is 6.04 Å². The largest absolute Gasteiger partial charge is 0.303 e. The smallest absolute Gasteiger partial charge is 0.0686 e. The van der Waals surface area contributed by atoms with E-state index in [1.807, 2.05) is 0 Å². The normalized spacial score (nSPS) is 19.3. The van der Waals surface area contributed by atoms with E-state index >= 15 is 0 Å². The molecule has 0 aromatic rings. The van der Waals surface area contributed by atoms with Gasteiger partial charge < -0.3 is 5.32 Å². The van der Waals surface area contributed by atoms with E-state index in [4.69, 9.17) is 6.42 Å². The molecule has 0 radical (unpaired) electrons. The Morgan fingerprint density at radius 3 is 2.82 bits per heavy atom. The molecule has 1 nitrogen and oxygen atoms in total. The maximum atomic E-state index is 5.35. The Bertz CT molecular complexity index is 141. The number of hydrogen-bond donors (Lipinski definition) is 1. The van der Waals surface area contributed by atoms with Crippen molar-refractivity contribution in [1.82, 2.24) is 5.32 Å². The van der Waals surface area contributed by atoms with E-state index in [1.54, 1.807) is 0 Å². The third-order valence-electron chi connectivity index (χ3n) is 2.13. The summed E-state index contributed by atoms with van der Waals surface area (Å²) in [6, 6.07) is 0.320. The van der Waals surface area contributed by atoms with Crippen LogP contribution in [0.2, 0.25) is 0 Å².